The second kappa shape index (κ2) is 8.24. The van der Waals surface area contributed by atoms with E-state index in [1.165, 1.54) is 16.8 Å². The minimum Gasteiger partial charge on any atom is -0.481 e. The molecular formula is C18H22FN5O3. The standard InChI is InChI=1S/C18H22FN5O3/c1-12-20-21-22-24(12)16(10-13-2-4-15(19)5-3-13)18(27)23-8-6-14(7-9-23)11-17(25)26/h2-5,14,16H,6-11H2,1H3,(H,25,26). The zero-order valence-corrected chi connectivity index (χ0v) is 15.1. The molecule has 1 amide bonds. The summed E-state index contributed by atoms with van der Waals surface area (Å²) in [6.45, 7) is 2.75. The molecule has 1 N–H and O–H groups in total. The molecule has 1 saturated heterocycles. The molecule has 0 aliphatic carbocycles. The number of carboxylic acid groups (broad SMARTS) is 1. The number of aliphatic carboxylic acids is 1. The number of carbonyl (C=O) groups excluding carboxylic acids is 1. The Kier molecular flexibility index (Phi) is 5.78. The largest absolute Gasteiger partial charge is 0.481 e. The number of hydrogen-bond donors (Lipinski definition) is 1. The Labute approximate surface area is 156 Å². The van der Waals surface area contributed by atoms with Crippen molar-refractivity contribution in [1.82, 2.24) is 25.1 Å². The lowest BCUT2D eigenvalue weighted by atomic mass is 9.93. The molecule has 1 fully saturated rings. The van der Waals surface area contributed by atoms with E-state index in [1.54, 1.807) is 24.0 Å². The number of benzene rings is 1. The van der Waals surface area contributed by atoms with E-state index >= 15 is 0 Å². The van der Waals surface area contributed by atoms with Crippen LogP contribution in [-0.2, 0) is 16.0 Å². The van der Waals surface area contributed by atoms with Gasteiger partial charge in [0.1, 0.15) is 17.7 Å². The first kappa shape index (κ1) is 18.9. The lowest BCUT2D eigenvalue weighted by molar-refractivity contribution is -0.139. The van der Waals surface area contributed by atoms with E-state index in [0.717, 1.165) is 5.56 Å². The van der Waals surface area contributed by atoms with Crippen LogP contribution in [0.2, 0.25) is 0 Å². The Morgan fingerprint density at radius 3 is 2.48 bits per heavy atom. The van der Waals surface area contributed by atoms with Crippen molar-refractivity contribution in [3.8, 4) is 0 Å². The second-order valence-corrected chi connectivity index (χ2v) is 6.88. The summed E-state index contributed by atoms with van der Waals surface area (Å²) in [6, 6.07) is 5.39. The molecule has 1 atom stereocenters. The molecule has 0 spiro atoms. The quantitative estimate of drug-likeness (QED) is 0.823. The van der Waals surface area contributed by atoms with Gasteiger partial charge in [-0.3, -0.25) is 9.59 Å². The van der Waals surface area contributed by atoms with E-state index in [-0.39, 0.29) is 24.1 Å². The molecule has 3 rings (SSSR count). The molecule has 0 saturated carbocycles. The second-order valence-electron chi connectivity index (χ2n) is 6.88. The molecule has 1 aromatic carbocycles. The maximum Gasteiger partial charge on any atom is 0.303 e. The summed E-state index contributed by atoms with van der Waals surface area (Å²) in [5, 5.41) is 20.4. The summed E-state index contributed by atoms with van der Waals surface area (Å²) in [5.74, 6) is -0.629. The number of likely N-dealkylation sites (tertiary alicyclic amines) is 1. The van der Waals surface area contributed by atoms with Crippen LogP contribution in [0, 0.1) is 18.7 Å². The maximum absolute atomic E-state index is 13.2. The Hall–Kier alpha value is -2.84. The third-order valence-corrected chi connectivity index (χ3v) is 4.97. The highest BCUT2D eigenvalue weighted by Gasteiger charge is 2.31. The fraction of sp³-hybridized carbons (Fsp3) is 0.500. The lowest BCUT2D eigenvalue weighted by Gasteiger charge is -2.33. The highest BCUT2D eigenvalue weighted by atomic mass is 19.1. The summed E-state index contributed by atoms with van der Waals surface area (Å²) >= 11 is 0. The Balaban J connectivity index is 1.75. The summed E-state index contributed by atoms with van der Waals surface area (Å²) in [5.41, 5.74) is 0.811. The zero-order valence-electron chi connectivity index (χ0n) is 15.1. The molecule has 8 nitrogen and oxygen atoms in total. The van der Waals surface area contributed by atoms with Crippen LogP contribution in [0.15, 0.2) is 24.3 Å². The minimum absolute atomic E-state index is 0.0943. The van der Waals surface area contributed by atoms with Gasteiger partial charge in [-0.2, -0.15) is 0 Å². The van der Waals surface area contributed by atoms with E-state index < -0.39 is 12.0 Å². The molecule has 1 aromatic heterocycles. The molecule has 2 aromatic rings. The van der Waals surface area contributed by atoms with E-state index in [4.69, 9.17) is 5.11 Å². The van der Waals surface area contributed by atoms with Gasteiger partial charge in [-0.05, 0) is 53.8 Å². The van der Waals surface area contributed by atoms with E-state index in [1.807, 2.05) is 0 Å². The number of carbonyl (C=O) groups is 2. The maximum atomic E-state index is 13.2. The van der Waals surface area contributed by atoms with Gasteiger partial charge in [-0.25, -0.2) is 9.07 Å². The molecular weight excluding hydrogens is 353 g/mol. The smallest absolute Gasteiger partial charge is 0.303 e. The Morgan fingerprint density at radius 2 is 1.93 bits per heavy atom. The van der Waals surface area contributed by atoms with Gasteiger partial charge in [-0.1, -0.05) is 12.1 Å². The molecule has 1 unspecified atom stereocenters. The third-order valence-electron chi connectivity index (χ3n) is 4.97. The molecule has 1 aliphatic rings. The molecule has 0 bridgehead atoms. The summed E-state index contributed by atoms with van der Waals surface area (Å²) < 4.78 is 14.7. The van der Waals surface area contributed by atoms with Crippen LogP contribution >= 0.6 is 0 Å². The van der Waals surface area contributed by atoms with Crippen LogP contribution in [0.1, 0.15) is 36.7 Å². The number of halogens is 1. The summed E-state index contributed by atoms with van der Waals surface area (Å²) in [6.07, 6.45) is 1.80. The van der Waals surface area contributed by atoms with Crippen LogP contribution in [0.3, 0.4) is 0 Å². The minimum atomic E-state index is -0.807. The van der Waals surface area contributed by atoms with Gasteiger partial charge in [0.2, 0.25) is 5.91 Å². The number of aryl methyl sites for hydroxylation is 1. The highest BCUT2D eigenvalue weighted by molar-refractivity contribution is 5.81. The van der Waals surface area contributed by atoms with Gasteiger partial charge in [0.25, 0.3) is 0 Å². The van der Waals surface area contributed by atoms with Crippen LogP contribution in [0.5, 0.6) is 0 Å². The first-order valence-corrected chi connectivity index (χ1v) is 8.93. The average Bonchev–Trinajstić information content (AvgIpc) is 3.06. The number of hydrogen-bond acceptors (Lipinski definition) is 5. The van der Waals surface area contributed by atoms with Crippen molar-refractivity contribution < 1.29 is 19.1 Å². The van der Waals surface area contributed by atoms with Gasteiger partial charge in [-0.15, -0.1) is 5.10 Å². The van der Waals surface area contributed by atoms with Crippen LogP contribution in [0.4, 0.5) is 4.39 Å². The van der Waals surface area contributed by atoms with Gasteiger partial charge < -0.3 is 10.0 Å². The number of carboxylic acids is 1. The fourth-order valence-electron chi connectivity index (χ4n) is 3.46. The van der Waals surface area contributed by atoms with Crippen molar-refractivity contribution in [2.75, 3.05) is 13.1 Å². The van der Waals surface area contributed by atoms with Crippen molar-refractivity contribution in [1.29, 1.82) is 0 Å². The van der Waals surface area contributed by atoms with Crippen molar-refractivity contribution >= 4 is 11.9 Å². The van der Waals surface area contributed by atoms with Gasteiger partial charge in [0.15, 0.2) is 0 Å². The number of piperidine rings is 1. The monoisotopic (exact) mass is 375 g/mol. The molecule has 2 heterocycles. The first-order valence-electron chi connectivity index (χ1n) is 8.93. The molecule has 1 aliphatic heterocycles. The van der Waals surface area contributed by atoms with E-state index in [0.29, 0.717) is 38.2 Å². The van der Waals surface area contributed by atoms with Crippen LogP contribution in [-0.4, -0.2) is 55.2 Å². The average molecular weight is 375 g/mol. The van der Waals surface area contributed by atoms with Gasteiger partial charge in [0, 0.05) is 25.9 Å². The van der Waals surface area contributed by atoms with Gasteiger partial charge in [0.05, 0.1) is 0 Å². The van der Waals surface area contributed by atoms with E-state index in [9.17, 15) is 14.0 Å². The van der Waals surface area contributed by atoms with Crippen LogP contribution in [0.25, 0.3) is 0 Å². The Morgan fingerprint density at radius 1 is 1.26 bits per heavy atom. The molecule has 0 radical (unpaired) electrons. The van der Waals surface area contributed by atoms with Crippen molar-refractivity contribution in [3.63, 3.8) is 0 Å². The molecule has 27 heavy (non-hydrogen) atoms. The Bertz CT molecular complexity index is 800. The number of nitrogens with zero attached hydrogens (tertiary/aromatic N) is 5. The fourth-order valence-corrected chi connectivity index (χ4v) is 3.46. The lowest BCUT2D eigenvalue weighted by Crippen LogP contribution is -2.43. The topological polar surface area (TPSA) is 101 Å². The van der Waals surface area contributed by atoms with Crippen molar-refractivity contribution in [2.45, 2.75) is 38.6 Å². The number of aromatic nitrogens is 4. The predicted molar refractivity (Wildman–Crippen MR) is 93.3 cm³/mol. The van der Waals surface area contributed by atoms with Crippen molar-refractivity contribution in [2.24, 2.45) is 5.92 Å². The first-order chi connectivity index (χ1) is 12.9. The van der Waals surface area contributed by atoms with Crippen LogP contribution < -0.4 is 0 Å². The van der Waals surface area contributed by atoms with Gasteiger partial charge >= 0.3 is 5.97 Å². The molecule has 9 heteroatoms. The SMILES string of the molecule is Cc1nnnn1C(Cc1ccc(F)cc1)C(=O)N1CCC(CC(=O)O)CC1. The molecule has 144 valence electrons. The zero-order chi connectivity index (χ0) is 19.4. The summed E-state index contributed by atoms with van der Waals surface area (Å²) in [4.78, 5) is 25.8. The number of amides is 1. The number of rotatable bonds is 6. The normalized spacial score (nSPS) is 16.3. The summed E-state index contributed by atoms with van der Waals surface area (Å²) in [7, 11) is 0. The van der Waals surface area contributed by atoms with Crippen molar-refractivity contribution in [3.05, 3.63) is 41.5 Å². The highest BCUT2D eigenvalue weighted by Crippen LogP contribution is 2.24. The number of tetrazole rings is 1. The third kappa shape index (κ3) is 4.66. The predicted octanol–water partition coefficient (Wildman–Crippen LogP) is 1.62. The van der Waals surface area contributed by atoms with E-state index in [2.05, 4.69) is 15.5 Å².